The van der Waals surface area contributed by atoms with Gasteiger partial charge in [0.25, 0.3) is 0 Å². The van der Waals surface area contributed by atoms with E-state index in [1.807, 2.05) is 0 Å². The van der Waals surface area contributed by atoms with Gasteiger partial charge in [0, 0.05) is 24.4 Å². The van der Waals surface area contributed by atoms with Crippen LogP contribution in [0.1, 0.15) is 0 Å². The van der Waals surface area contributed by atoms with Crippen molar-refractivity contribution < 1.29 is 67.8 Å². The summed E-state index contributed by atoms with van der Waals surface area (Å²) >= 11 is 0. The zero-order valence-corrected chi connectivity index (χ0v) is 23.5. The number of nitrogens with zero attached hydrogens (tertiary/aromatic N) is 16. The third-order valence-corrected chi connectivity index (χ3v) is 4.01. The van der Waals surface area contributed by atoms with Crippen LogP contribution in [0.25, 0.3) is 11.4 Å². The van der Waals surface area contributed by atoms with E-state index in [9.17, 15) is 60.7 Å². The van der Waals surface area contributed by atoms with E-state index in [-0.39, 0.29) is 28.0 Å². The number of aliphatic hydroxyl groups is 2. The van der Waals surface area contributed by atoms with Crippen molar-refractivity contribution in [2.45, 2.75) is 0 Å². The smallest absolute Gasteiger partial charge is 0.459 e. The van der Waals surface area contributed by atoms with Crippen molar-refractivity contribution >= 4 is 47.1 Å². The van der Waals surface area contributed by atoms with Crippen molar-refractivity contribution in [2.75, 3.05) is 25.7 Å². The predicted octanol–water partition coefficient (Wildman–Crippen LogP) is -4.78. The van der Waals surface area contributed by atoms with Crippen LogP contribution < -0.4 is 21.7 Å². The van der Waals surface area contributed by atoms with Crippen molar-refractivity contribution in [1.29, 1.82) is 0 Å². The van der Waals surface area contributed by atoms with Crippen molar-refractivity contribution in [2.24, 2.45) is 0 Å². The first kappa shape index (κ1) is 44.5. The molecule has 0 aliphatic heterocycles. The maximum absolute atomic E-state index is 10.7. The molecule has 0 fully saturated rings. The molecule has 0 aromatic carbocycles. The Morgan fingerprint density at radius 1 is 0.574 bits per heavy atom. The average Bonchev–Trinajstić information content (AvgIpc) is 3.74. The molecule has 4 rings (SSSR count). The van der Waals surface area contributed by atoms with Crippen LogP contribution in [0.2, 0.25) is 0 Å². The molecule has 0 aliphatic rings. The molecule has 12 N–H and O–H groups in total. The van der Waals surface area contributed by atoms with Gasteiger partial charge in [0.1, 0.15) is 0 Å². The first-order valence-electron chi connectivity index (χ1n) is 9.93. The van der Waals surface area contributed by atoms with Crippen molar-refractivity contribution in [1.82, 2.24) is 49.9 Å². The third-order valence-electron chi connectivity index (χ3n) is 4.01. The van der Waals surface area contributed by atoms with Crippen molar-refractivity contribution in [3.8, 4) is 11.4 Å². The topological polar surface area (TPSA) is 533 Å². The largest absolute Gasteiger partial charge is 2.00 e. The Morgan fingerprint density at radius 3 is 1.04 bits per heavy atom. The Kier molecular flexibility index (Phi) is 17.7. The fourth-order valence-electron chi connectivity index (χ4n) is 2.56. The molecule has 0 aliphatic carbocycles. The molecule has 0 unspecified atom stereocenters. The SMILES string of the molecule is CO.CO.Nc1nc([N+](=O)[O-])nn1-c1c([N+](=O)[O-])n[n-]c1[N+](=O)[O-].Nc1nc([N+](=O)[O-])nn1-c1c([N+](=O)[O-])n[n-]c1[N+](=O)[O-].[Cu+2].[OH3+].[OH3+]. The van der Waals surface area contributed by atoms with E-state index in [4.69, 9.17) is 21.7 Å². The fraction of sp³-hybridized carbons (Fsp3) is 0.167. The maximum atomic E-state index is 10.7. The van der Waals surface area contributed by atoms with E-state index in [2.05, 4.69) is 40.6 Å². The fourth-order valence-corrected chi connectivity index (χ4v) is 2.56. The molecule has 0 atom stereocenters. The molecule has 35 heteroatoms. The number of nitrogen functional groups attached to an aromatic ring is 2. The van der Waals surface area contributed by atoms with Crippen molar-refractivity contribution in [3.05, 3.63) is 60.7 Å². The standard InChI is InChI=1S/2C5H2N9O6.2CH4O.Cu.2H2O/c2*6-4-7-5(14(19)20)10-11(4)1-2(12(15)16)8-9-3(1)13(17)18;2*1-2;;;/h2*(H2-,6,7,8,9,10);2*2H,1H3;;2*1H2/q2*-1;;;+2;;/p+2. The zero-order chi connectivity index (χ0) is 34.0. The number of aliphatic hydroxyl groups excluding tert-OH is 2. The Balaban J connectivity index is -0.000000704. The summed E-state index contributed by atoms with van der Waals surface area (Å²) in [6.45, 7) is 0. The minimum atomic E-state index is -1.07. The molecule has 261 valence electrons. The van der Waals surface area contributed by atoms with Crippen molar-refractivity contribution in [3.63, 3.8) is 0 Å². The van der Waals surface area contributed by atoms with Crippen LogP contribution >= 0.6 is 0 Å². The summed E-state index contributed by atoms with van der Waals surface area (Å²) in [5, 5.41) is 96.4. The Morgan fingerprint density at radius 2 is 0.851 bits per heavy atom. The minimum Gasteiger partial charge on any atom is -0.459 e. The Hall–Kier alpha value is -6.94. The average molecular weight is 734 g/mol. The van der Waals surface area contributed by atoms with Gasteiger partial charge in [-0.3, -0.25) is 0 Å². The maximum Gasteiger partial charge on any atom is 2.00 e. The van der Waals surface area contributed by atoms with Gasteiger partial charge in [-0.2, -0.15) is 9.85 Å². The van der Waals surface area contributed by atoms with E-state index in [1.54, 1.807) is 0 Å². The van der Waals surface area contributed by atoms with Gasteiger partial charge in [0.2, 0.25) is 23.0 Å². The van der Waals surface area contributed by atoms with Gasteiger partial charge < -0.3 is 93.3 Å². The number of rotatable bonds is 8. The second kappa shape index (κ2) is 18.7. The molecule has 34 nitrogen and oxygen atoms in total. The molecular formula is C12H18CuN18O16+2. The predicted molar refractivity (Wildman–Crippen MR) is 140 cm³/mol. The second-order valence-corrected chi connectivity index (χ2v) is 6.30. The number of hydrogen-bond acceptors (Lipinski definition) is 22. The quantitative estimate of drug-likeness (QED) is 0.0571. The van der Waals surface area contributed by atoms with E-state index >= 15 is 0 Å². The third kappa shape index (κ3) is 9.52. The van der Waals surface area contributed by atoms with Crippen LogP contribution in [0.4, 0.5) is 47.1 Å². The summed E-state index contributed by atoms with van der Waals surface area (Å²) in [5.74, 6) is -7.37. The number of nitrogens with two attached hydrogens (primary N) is 2. The first-order valence-corrected chi connectivity index (χ1v) is 9.93. The summed E-state index contributed by atoms with van der Waals surface area (Å²) in [6.07, 6.45) is 0. The molecule has 0 bridgehead atoms. The molecular weight excluding hydrogens is 716 g/mol. The number of anilines is 2. The summed E-state index contributed by atoms with van der Waals surface area (Å²) in [6, 6.07) is 0. The summed E-state index contributed by atoms with van der Waals surface area (Å²) in [5.41, 5.74) is 8.97. The first-order chi connectivity index (χ1) is 20.6. The van der Waals surface area contributed by atoms with E-state index in [0.29, 0.717) is 9.36 Å². The van der Waals surface area contributed by atoms with Crippen LogP contribution in [0.5, 0.6) is 0 Å². The van der Waals surface area contributed by atoms with Gasteiger partial charge in [0.05, 0.1) is 10.2 Å². The van der Waals surface area contributed by atoms with Crippen LogP contribution in [0.15, 0.2) is 0 Å². The van der Waals surface area contributed by atoms with Gasteiger partial charge in [-0.25, -0.2) is 0 Å². The van der Waals surface area contributed by atoms with Gasteiger partial charge in [-0.15, -0.1) is 9.36 Å². The number of hydrogen-bond donors (Lipinski definition) is 4. The van der Waals surface area contributed by atoms with Gasteiger partial charge in [-0.05, 0) is 39.9 Å². The summed E-state index contributed by atoms with van der Waals surface area (Å²) in [7, 11) is 2.00. The molecule has 0 saturated carbocycles. The Labute approximate surface area is 263 Å². The molecule has 0 spiro atoms. The monoisotopic (exact) mass is 733 g/mol. The molecule has 0 amide bonds. The summed E-state index contributed by atoms with van der Waals surface area (Å²) < 4.78 is 0.739. The van der Waals surface area contributed by atoms with Gasteiger partial charge >= 0.3 is 52.5 Å². The zero-order valence-electron chi connectivity index (χ0n) is 22.6. The Bertz CT molecular complexity index is 1540. The number of aromatic nitrogens is 10. The van der Waals surface area contributed by atoms with Gasteiger partial charge in [0.15, 0.2) is 0 Å². The van der Waals surface area contributed by atoms with Crippen LogP contribution in [-0.4, -0.2) is 93.7 Å². The van der Waals surface area contributed by atoms with Crippen LogP contribution in [0.3, 0.4) is 0 Å². The van der Waals surface area contributed by atoms with E-state index in [0.717, 1.165) is 14.2 Å². The molecule has 4 aromatic rings. The second-order valence-electron chi connectivity index (χ2n) is 6.30. The number of nitro groups is 6. The normalized spacial score (nSPS) is 9.11. The molecule has 4 heterocycles. The van der Waals surface area contributed by atoms with Crippen LogP contribution in [-0.2, 0) is 28.0 Å². The molecule has 1 radical (unpaired) electrons. The van der Waals surface area contributed by atoms with Crippen LogP contribution in [0, 0.1) is 60.7 Å². The minimum absolute atomic E-state index is 0. The molecule has 4 aromatic heterocycles. The van der Waals surface area contributed by atoms with E-state index in [1.165, 1.54) is 0 Å². The summed E-state index contributed by atoms with van der Waals surface area (Å²) in [4.78, 5) is 64.0. The molecule has 47 heavy (non-hydrogen) atoms. The van der Waals surface area contributed by atoms with E-state index < -0.39 is 88.0 Å². The van der Waals surface area contributed by atoms with Gasteiger partial charge in [-0.1, -0.05) is 0 Å². The molecule has 0 saturated heterocycles.